The smallest absolute Gasteiger partial charge is 0.204 e. The maximum Gasteiger partial charge on any atom is 0.204 e. The van der Waals surface area contributed by atoms with Crippen molar-refractivity contribution in [2.24, 2.45) is 0 Å². The minimum Gasteiger partial charge on any atom is -0.468 e. The number of aromatic nitrogens is 1. The van der Waals surface area contributed by atoms with Crippen LogP contribution in [0.5, 0.6) is 0 Å². The number of oxazole rings is 1. The maximum atomic E-state index is 5.97. The molecule has 0 radical (unpaired) electrons. The van der Waals surface area contributed by atoms with Crippen LogP contribution in [0, 0.1) is 0 Å². The van der Waals surface area contributed by atoms with Crippen molar-refractivity contribution in [2.45, 2.75) is 11.5 Å². The number of halogens is 1. The molecule has 0 aliphatic rings. The van der Waals surface area contributed by atoms with Gasteiger partial charge in [-0.2, -0.15) is 0 Å². The average molecular weight is 306 g/mol. The van der Waals surface area contributed by atoms with E-state index < -0.39 is 0 Å². The number of nitrogens with zero attached hydrogens (tertiary/aromatic N) is 1. The summed E-state index contributed by atoms with van der Waals surface area (Å²) < 4.78 is 11.0. The quantitative estimate of drug-likeness (QED) is 0.663. The fourth-order valence-corrected chi connectivity index (χ4v) is 2.75. The molecule has 0 saturated heterocycles. The van der Waals surface area contributed by atoms with Crippen LogP contribution in [0.15, 0.2) is 57.7 Å². The summed E-state index contributed by atoms with van der Waals surface area (Å²) in [5.74, 6) is 3.91. The van der Waals surface area contributed by atoms with Crippen molar-refractivity contribution < 1.29 is 8.83 Å². The lowest BCUT2D eigenvalue weighted by atomic mass is 10.2. The first kappa shape index (κ1) is 13.3. The van der Waals surface area contributed by atoms with E-state index in [1.54, 1.807) is 24.2 Å². The highest BCUT2D eigenvalue weighted by Gasteiger charge is 2.07. The van der Waals surface area contributed by atoms with Gasteiger partial charge in [-0.3, -0.25) is 0 Å². The summed E-state index contributed by atoms with van der Waals surface area (Å²) >= 11 is 7.67. The van der Waals surface area contributed by atoms with Crippen molar-refractivity contribution in [1.29, 1.82) is 0 Å². The van der Waals surface area contributed by atoms with Crippen LogP contribution in [0.3, 0.4) is 0 Å². The molecule has 0 saturated carbocycles. The van der Waals surface area contributed by atoms with E-state index in [4.69, 9.17) is 20.4 Å². The summed E-state index contributed by atoms with van der Waals surface area (Å²) in [6, 6.07) is 11.4. The molecule has 0 N–H and O–H groups in total. The van der Waals surface area contributed by atoms with Gasteiger partial charge in [0.2, 0.25) is 5.89 Å². The Hall–Kier alpha value is -1.65. The molecule has 0 spiro atoms. The molecule has 20 heavy (non-hydrogen) atoms. The molecule has 0 atom stereocenters. The molecule has 3 rings (SSSR count). The third-order valence-corrected chi connectivity index (χ3v) is 3.89. The highest BCUT2D eigenvalue weighted by molar-refractivity contribution is 7.97. The zero-order valence-electron chi connectivity index (χ0n) is 10.6. The van der Waals surface area contributed by atoms with E-state index in [1.165, 1.54) is 0 Å². The van der Waals surface area contributed by atoms with Crippen LogP contribution in [0.2, 0.25) is 5.02 Å². The second-order valence-corrected chi connectivity index (χ2v) is 5.62. The minimum atomic E-state index is 0.688. The van der Waals surface area contributed by atoms with Gasteiger partial charge in [0, 0.05) is 10.6 Å². The molecular weight excluding hydrogens is 294 g/mol. The van der Waals surface area contributed by atoms with Gasteiger partial charge in [0.1, 0.15) is 5.76 Å². The van der Waals surface area contributed by atoms with Crippen molar-refractivity contribution in [3.05, 3.63) is 65.5 Å². The van der Waals surface area contributed by atoms with Crippen LogP contribution in [0.25, 0.3) is 11.3 Å². The van der Waals surface area contributed by atoms with Gasteiger partial charge < -0.3 is 8.83 Å². The van der Waals surface area contributed by atoms with Crippen molar-refractivity contribution in [1.82, 2.24) is 4.98 Å². The molecule has 3 nitrogen and oxygen atoms in total. The third kappa shape index (κ3) is 3.26. The predicted octanol–water partition coefficient (Wildman–Crippen LogP) is 5.02. The largest absolute Gasteiger partial charge is 0.468 e. The van der Waals surface area contributed by atoms with E-state index >= 15 is 0 Å². The van der Waals surface area contributed by atoms with Gasteiger partial charge in [-0.05, 0) is 24.3 Å². The molecule has 102 valence electrons. The molecule has 2 heterocycles. The van der Waals surface area contributed by atoms with E-state index in [0.29, 0.717) is 16.7 Å². The SMILES string of the molecule is Clc1cccc(-c2cnc(CSCc3ccco3)o2)c1. The van der Waals surface area contributed by atoms with Gasteiger partial charge in [-0.25, -0.2) is 4.98 Å². The monoisotopic (exact) mass is 305 g/mol. The highest BCUT2D eigenvalue weighted by atomic mass is 35.5. The van der Waals surface area contributed by atoms with Crippen molar-refractivity contribution in [3.8, 4) is 11.3 Å². The van der Waals surface area contributed by atoms with E-state index in [0.717, 1.165) is 22.8 Å². The van der Waals surface area contributed by atoms with Gasteiger partial charge in [-0.15, -0.1) is 11.8 Å². The summed E-state index contributed by atoms with van der Waals surface area (Å²) in [6.07, 6.45) is 3.41. The third-order valence-electron chi connectivity index (χ3n) is 2.71. The van der Waals surface area contributed by atoms with Crippen LogP contribution in [0.4, 0.5) is 0 Å². The first-order valence-electron chi connectivity index (χ1n) is 6.12. The Labute approximate surface area is 126 Å². The van der Waals surface area contributed by atoms with Crippen LogP contribution in [-0.2, 0) is 11.5 Å². The van der Waals surface area contributed by atoms with Crippen LogP contribution in [0.1, 0.15) is 11.7 Å². The zero-order chi connectivity index (χ0) is 13.8. The highest BCUT2D eigenvalue weighted by Crippen LogP contribution is 2.25. The summed E-state index contributed by atoms with van der Waals surface area (Å²) in [6.45, 7) is 0. The van der Waals surface area contributed by atoms with Crippen molar-refractivity contribution in [3.63, 3.8) is 0 Å². The summed E-state index contributed by atoms with van der Waals surface area (Å²) in [5.41, 5.74) is 0.937. The molecule has 0 amide bonds. The zero-order valence-corrected chi connectivity index (χ0v) is 12.2. The standard InChI is InChI=1S/C15H12ClNO2S/c16-12-4-1-3-11(7-12)14-8-17-15(19-14)10-20-9-13-5-2-6-18-13/h1-8H,9-10H2. The van der Waals surface area contributed by atoms with E-state index in [2.05, 4.69) is 4.98 Å². The summed E-state index contributed by atoms with van der Waals surface area (Å²) in [4.78, 5) is 4.28. The number of hydrogen-bond acceptors (Lipinski definition) is 4. The fraction of sp³-hybridized carbons (Fsp3) is 0.133. The Morgan fingerprint density at radius 1 is 1.15 bits per heavy atom. The first-order valence-corrected chi connectivity index (χ1v) is 7.65. The molecule has 0 aliphatic heterocycles. The Balaban J connectivity index is 1.62. The Morgan fingerprint density at radius 2 is 2.10 bits per heavy atom. The van der Waals surface area contributed by atoms with Gasteiger partial charge >= 0.3 is 0 Å². The number of rotatable bonds is 5. The summed E-state index contributed by atoms with van der Waals surface area (Å²) in [7, 11) is 0. The molecule has 5 heteroatoms. The molecule has 3 aromatic rings. The lowest BCUT2D eigenvalue weighted by molar-refractivity contribution is 0.526. The lowest BCUT2D eigenvalue weighted by Crippen LogP contribution is -1.80. The molecule has 0 aliphatic carbocycles. The van der Waals surface area contributed by atoms with E-state index in [1.807, 2.05) is 36.4 Å². The molecule has 2 aromatic heterocycles. The normalized spacial score (nSPS) is 10.8. The van der Waals surface area contributed by atoms with Gasteiger partial charge in [0.05, 0.1) is 24.0 Å². The first-order chi connectivity index (χ1) is 9.81. The fourth-order valence-electron chi connectivity index (χ4n) is 1.79. The van der Waals surface area contributed by atoms with E-state index in [9.17, 15) is 0 Å². The maximum absolute atomic E-state index is 5.97. The number of benzene rings is 1. The van der Waals surface area contributed by atoms with Gasteiger partial charge in [0.15, 0.2) is 5.76 Å². The second-order valence-electron chi connectivity index (χ2n) is 4.20. The molecule has 0 bridgehead atoms. The second kappa shape index (κ2) is 6.20. The Kier molecular flexibility index (Phi) is 4.14. The van der Waals surface area contributed by atoms with Crippen LogP contribution >= 0.6 is 23.4 Å². The van der Waals surface area contributed by atoms with Gasteiger partial charge in [-0.1, -0.05) is 23.7 Å². The minimum absolute atomic E-state index is 0.688. The van der Waals surface area contributed by atoms with E-state index in [-0.39, 0.29) is 0 Å². The van der Waals surface area contributed by atoms with Crippen molar-refractivity contribution >= 4 is 23.4 Å². The lowest BCUT2D eigenvalue weighted by Gasteiger charge is -1.97. The van der Waals surface area contributed by atoms with Crippen LogP contribution in [-0.4, -0.2) is 4.98 Å². The summed E-state index contributed by atoms with van der Waals surface area (Å²) in [5, 5.41) is 0.688. The van der Waals surface area contributed by atoms with Gasteiger partial charge in [0.25, 0.3) is 0 Å². The Morgan fingerprint density at radius 3 is 2.90 bits per heavy atom. The molecule has 0 unspecified atom stereocenters. The number of hydrogen-bond donors (Lipinski definition) is 0. The molecule has 1 aromatic carbocycles. The number of furan rings is 1. The topological polar surface area (TPSA) is 39.2 Å². The Bertz CT molecular complexity index is 679. The number of thioether (sulfide) groups is 1. The average Bonchev–Trinajstić information content (AvgIpc) is 3.10. The molecular formula is C15H12ClNO2S. The van der Waals surface area contributed by atoms with Crippen LogP contribution < -0.4 is 0 Å². The van der Waals surface area contributed by atoms with Crippen molar-refractivity contribution in [2.75, 3.05) is 0 Å². The molecule has 0 fully saturated rings. The predicted molar refractivity (Wildman–Crippen MR) is 80.7 cm³/mol.